The summed E-state index contributed by atoms with van der Waals surface area (Å²) in [5.74, 6) is 0.111. The Bertz CT molecular complexity index is 165. The van der Waals surface area contributed by atoms with Crippen LogP contribution in [0.5, 0.6) is 0 Å². The minimum absolute atomic E-state index is 0.111. The van der Waals surface area contributed by atoms with Crippen molar-refractivity contribution >= 4 is 0 Å². The van der Waals surface area contributed by atoms with Gasteiger partial charge >= 0.3 is 0 Å². The van der Waals surface area contributed by atoms with Crippen molar-refractivity contribution in [3.05, 3.63) is 0 Å². The molecule has 0 heterocycles. The third-order valence-electron chi connectivity index (χ3n) is 2.36. The SMILES string of the molecule is CC(C)(O)CC(CC(C)(C)O)CC(C)(C)O. The molecule has 16 heavy (non-hydrogen) atoms. The number of hydrogen-bond donors (Lipinski definition) is 3. The van der Waals surface area contributed by atoms with Gasteiger partial charge < -0.3 is 15.3 Å². The highest BCUT2D eigenvalue weighted by atomic mass is 16.3. The Morgan fingerprint density at radius 2 is 0.812 bits per heavy atom. The standard InChI is InChI=1S/C13H28O3/c1-11(2,14)7-10(8-12(3,4)15)9-13(5,6)16/h10,14-16H,7-9H2,1-6H3. The molecule has 0 aliphatic carbocycles. The van der Waals surface area contributed by atoms with E-state index in [2.05, 4.69) is 0 Å². The van der Waals surface area contributed by atoms with Gasteiger partial charge in [0.15, 0.2) is 0 Å². The quantitative estimate of drug-likeness (QED) is 0.657. The Morgan fingerprint density at radius 1 is 0.625 bits per heavy atom. The van der Waals surface area contributed by atoms with Crippen molar-refractivity contribution < 1.29 is 15.3 Å². The third kappa shape index (κ3) is 10.4. The van der Waals surface area contributed by atoms with Crippen molar-refractivity contribution in [3.63, 3.8) is 0 Å². The summed E-state index contributed by atoms with van der Waals surface area (Å²) in [6, 6.07) is 0. The maximum Gasteiger partial charge on any atom is 0.0594 e. The van der Waals surface area contributed by atoms with E-state index >= 15 is 0 Å². The fraction of sp³-hybridized carbons (Fsp3) is 1.00. The van der Waals surface area contributed by atoms with Crippen molar-refractivity contribution in [2.45, 2.75) is 77.6 Å². The fourth-order valence-electron chi connectivity index (χ4n) is 2.34. The molecule has 0 aliphatic rings. The van der Waals surface area contributed by atoms with Crippen molar-refractivity contribution in [2.24, 2.45) is 5.92 Å². The highest BCUT2D eigenvalue weighted by molar-refractivity contribution is 4.82. The average Bonchev–Trinajstić information content (AvgIpc) is 1.70. The minimum Gasteiger partial charge on any atom is -0.390 e. The van der Waals surface area contributed by atoms with Gasteiger partial charge in [0, 0.05) is 0 Å². The predicted octanol–water partition coefficient (Wildman–Crippen LogP) is 2.09. The van der Waals surface area contributed by atoms with E-state index in [1.165, 1.54) is 0 Å². The molecule has 0 rings (SSSR count). The number of aliphatic hydroxyl groups is 3. The molecule has 0 radical (unpaired) electrons. The summed E-state index contributed by atoms with van der Waals surface area (Å²) in [6.45, 7) is 10.6. The lowest BCUT2D eigenvalue weighted by molar-refractivity contribution is -0.0163. The lowest BCUT2D eigenvalue weighted by Crippen LogP contribution is -2.33. The van der Waals surface area contributed by atoms with Crippen molar-refractivity contribution in [1.29, 1.82) is 0 Å². The van der Waals surface area contributed by atoms with E-state index in [1.54, 1.807) is 41.5 Å². The Kier molecular flexibility index (Phi) is 4.99. The molecule has 0 fully saturated rings. The molecule has 0 saturated carbocycles. The lowest BCUT2D eigenvalue weighted by Gasteiger charge is -2.33. The first-order chi connectivity index (χ1) is 6.79. The Balaban J connectivity index is 4.53. The molecule has 0 aromatic heterocycles. The molecule has 0 atom stereocenters. The van der Waals surface area contributed by atoms with Gasteiger partial charge in [0.25, 0.3) is 0 Å². The summed E-state index contributed by atoms with van der Waals surface area (Å²) in [5.41, 5.74) is -2.29. The second-order valence-corrected chi connectivity index (χ2v) is 6.92. The van der Waals surface area contributed by atoms with Crippen LogP contribution in [0, 0.1) is 5.92 Å². The van der Waals surface area contributed by atoms with Gasteiger partial charge in [-0.25, -0.2) is 0 Å². The Labute approximate surface area is 99.5 Å². The molecule has 0 aliphatic heterocycles. The first-order valence-corrected chi connectivity index (χ1v) is 5.96. The molecule has 0 bridgehead atoms. The summed E-state index contributed by atoms with van der Waals surface area (Å²) >= 11 is 0. The highest BCUT2D eigenvalue weighted by Gasteiger charge is 2.29. The molecule has 0 saturated heterocycles. The van der Waals surface area contributed by atoms with Crippen LogP contribution in [-0.2, 0) is 0 Å². The molecular formula is C13H28O3. The van der Waals surface area contributed by atoms with E-state index in [-0.39, 0.29) is 5.92 Å². The fourth-order valence-corrected chi connectivity index (χ4v) is 2.34. The molecule has 3 nitrogen and oxygen atoms in total. The zero-order valence-corrected chi connectivity index (χ0v) is 11.5. The smallest absolute Gasteiger partial charge is 0.0594 e. The molecular weight excluding hydrogens is 204 g/mol. The van der Waals surface area contributed by atoms with Crippen LogP contribution >= 0.6 is 0 Å². The Morgan fingerprint density at radius 3 is 0.938 bits per heavy atom. The third-order valence-corrected chi connectivity index (χ3v) is 2.36. The largest absolute Gasteiger partial charge is 0.390 e. The first kappa shape index (κ1) is 15.9. The van der Waals surface area contributed by atoms with Gasteiger partial charge in [0.05, 0.1) is 16.8 Å². The summed E-state index contributed by atoms with van der Waals surface area (Å²) in [7, 11) is 0. The lowest BCUT2D eigenvalue weighted by atomic mass is 9.79. The molecule has 0 spiro atoms. The topological polar surface area (TPSA) is 60.7 Å². The van der Waals surface area contributed by atoms with E-state index in [0.717, 1.165) is 0 Å². The second kappa shape index (κ2) is 5.03. The van der Waals surface area contributed by atoms with E-state index in [0.29, 0.717) is 19.3 Å². The summed E-state index contributed by atoms with van der Waals surface area (Å²) in [6.07, 6.45) is 1.75. The van der Waals surface area contributed by atoms with E-state index in [4.69, 9.17) is 0 Å². The molecule has 0 unspecified atom stereocenters. The van der Waals surface area contributed by atoms with Crippen LogP contribution in [0.25, 0.3) is 0 Å². The van der Waals surface area contributed by atoms with Crippen LogP contribution in [0.1, 0.15) is 60.8 Å². The summed E-state index contributed by atoms with van der Waals surface area (Å²) in [5, 5.41) is 29.5. The second-order valence-electron chi connectivity index (χ2n) is 6.92. The van der Waals surface area contributed by atoms with Gasteiger partial charge in [-0.05, 0) is 66.7 Å². The molecule has 0 amide bonds. The van der Waals surface area contributed by atoms with Crippen LogP contribution in [-0.4, -0.2) is 32.1 Å². The normalized spacial score (nSPS) is 14.6. The predicted molar refractivity (Wildman–Crippen MR) is 66.2 cm³/mol. The van der Waals surface area contributed by atoms with Crippen LogP contribution in [0.4, 0.5) is 0 Å². The van der Waals surface area contributed by atoms with Gasteiger partial charge in [-0.1, -0.05) is 0 Å². The Hall–Kier alpha value is -0.120. The molecule has 3 heteroatoms. The van der Waals surface area contributed by atoms with Gasteiger partial charge in [0.1, 0.15) is 0 Å². The summed E-state index contributed by atoms with van der Waals surface area (Å²) < 4.78 is 0. The maximum absolute atomic E-state index is 9.82. The highest BCUT2D eigenvalue weighted by Crippen LogP contribution is 2.31. The first-order valence-electron chi connectivity index (χ1n) is 5.96. The van der Waals surface area contributed by atoms with Crippen LogP contribution < -0.4 is 0 Å². The zero-order valence-electron chi connectivity index (χ0n) is 11.5. The van der Waals surface area contributed by atoms with Gasteiger partial charge in [-0.2, -0.15) is 0 Å². The maximum atomic E-state index is 9.82. The van der Waals surface area contributed by atoms with E-state index in [9.17, 15) is 15.3 Å². The monoisotopic (exact) mass is 232 g/mol. The van der Waals surface area contributed by atoms with E-state index < -0.39 is 16.8 Å². The number of rotatable bonds is 6. The van der Waals surface area contributed by atoms with Crippen molar-refractivity contribution in [2.75, 3.05) is 0 Å². The van der Waals surface area contributed by atoms with Crippen LogP contribution in [0.2, 0.25) is 0 Å². The molecule has 0 aromatic carbocycles. The molecule has 98 valence electrons. The number of hydrogen-bond acceptors (Lipinski definition) is 3. The minimum atomic E-state index is -0.763. The molecule has 0 aromatic rings. The van der Waals surface area contributed by atoms with Crippen LogP contribution in [0.15, 0.2) is 0 Å². The van der Waals surface area contributed by atoms with Crippen LogP contribution in [0.3, 0.4) is 0 Å². The van der Waals surface area contributed by atoms with Crippen molar-refractivity contribution in [3.8, 4) is 0 Å². The van der Waals surface area contributed by atoms with Gasteiger partial charge in [-0.3, -0.25) is 0 Å². The van der Waals surface area contributed by atoms with Gasteiger partial charge in [0.2, 0.25) is 0 Å². The average molecular weight is 232 g/mol. The van der Waals surface area contributed by atoms with Gasteiger partial charge in [-0.15, -0.1) is 0 Å². The zero-order chi connectivity index (χ0) is 13.2. The van der Waals surface area contributed by atoms with E-state index in [1.807, 2.05) is 0 Å². The van der Waals surface area contributed by atoms with Crippen molar-refractivity contribution in [1.82, 2.24) is 0 Å². The molecule has 3 N–H and O–H groups in total. The summed E-state index contributed by atoms with van der Waals surface area (Å²) in [4.78, 5) is 0.